The van der Waals surface area contributed by atoms with Crippen LogP contribution in [0.2, 0.25) is 5.02 Å². The highest BCUT2D eigenvalue weighted by Crippen LogP contribution is 2.37. The molecule has 0 spiro atoms. The molecule has 0 aromatic carbocycles. The van der Waals surface area contributed by atoms with Crippen LogP contribution in [0, 0.1) is 0 Å². The molecule has 0 saturated carbocycles. The van der Waals surface area contributed by atoms with Crippen LogP contribution < -0.4 is 16.0 Å². The lowest BCUT2D eigenvalue weighted by molar-refractivity contribution is 0.119. The molecule has 3 aromatic rings. The first-order chi connectivity index (χ1) is 15.1. The molecule has 0 bridgehead atoms. The van der Waals surface area contributed by atoms with Gasteiger partial charge in [-0.15, -0.1) is 4.80 Å². The smallest absolute Gasteiger partial charge is 0.323 e. The number of aromatic nitrogens is 5. The lowest BCUT2D eigenvalue weighted by Crippen LogP contribution is -2.27. The molecule has 3 N–H and O–H groups in total. The van der Waals surface area contributed by atoms with Gasteiger partial charge in [0.1, 0.15) is 5.82 Å². The Labute approximate surface area is 199 Å². The van der Waals surface area contributed by atoms with Crippen LogP contribution in [0.3, 0.4) is 0 Å². The maximum atomic E-state index is 12.7. The molecule has 0 radical (unpaired) electrons. The van der Waals surface area contributed by atoms with Gasteiger partial charge in [0.2, 0.25) is 0 Å². The van der Waals surface area contributed by atoms with Crippen molar-refractivity contribution in [2.75, 3.05) is 23.1 Å². The molecule has 0 aliphatic heterocycles. The first-order valence-corrected chi connectivity index (χ1v) is 10.9. The number of pyridine rings is 2. The van der Waals surface area contributed by atoms with Crippen LogP contribution in [0.5, 0.6) is 0 Å². The van der Waals surface area contributed by atoms with Crippen LogP contribution in [-0.4, -0.2) is 43.6 Å². The van der Waals surface area contributed by atoms with Gasteiger partial charge in [0.25, 0.3) is 0 Å². The van der Waals surface area contributed by atoms with Gasteiger partial charge in [0.05, 0.1) is 51.8 Å². The number of hydrogen-bond acceptors (Lipinski definition) is 7. The van der Waals surface area contributed by atoms with E-state index in [1.807, 2.05) is 27.7 Å². The molecule has 1 unspecified atom stereocenters. The number of amides is 2. The van der Waals surface area contributed by atoms with Crippen molar-refractivity contribution in [2.24, 2.45) is 0 Å². The van der Waals surface area contributed by atoms with Crippen LogP contribution in [0.4, 0.5) is 22.0 Å². The average molecular weight is 524 g/mol. The number of urea groups is 1. The minimum Gasteiger partial charge on any atom is -0.377 e. The maximum absolute atomic E-state index is 12.7. The van der Waals surface area contributed by atoms with E-state index in [0.29, 0.717) is 27.5 Å². The third kappa shape index (κ3) is 5.72. The van der Waals surface area contributed by atoms with E-state index < -0.39 is 6.03 Å². The van der Waals surface area contributed by atoms with Crippen molar-refractivity contribution >= 4 is 50.8 Å². The number of hydrogen-bond donors (Lipinski definition) is 3. The topological polar surface area (TPSA) is 119 Å². The molecule has 0 aliphatic carbocycles. The number of halogens is 2. The lowest BCUT2D eigenvalue weighted by atomic mass is 10.1. The number of carbonyl (C=O) groups excluding carboxylic acids is 1. The van der Waals surface area contributed by atoms with Crippen molar-refractivity contribution < 1.29 is 9.53 Å². The largest absolute Gasteiger partial charge is 0.377 e. The van der Waals surface area contributed by atoms with E-state index in [0.717, 1.165) is 5.56 Å². The molecule has 170 valence electrons. The number of nitrogens with zero attached hydrogens (tertiary/aromatic N) is 5. The number of methoxy groups -OCH3 is 1. The van der Waals surface area contributed by atoms with Gasteiger partial charge in [-0.2, -0.15) is 10.2 Å². The average Bonchev–Trinajstić information content (AvgIpc) is 3.23. The Bertz CT molecular complexity index is 1100. The summed E-state index contributed by atoms with van der Waals surface area (Å²) in [6.07, 6.45) is 5.78. The van der Waals surface area contributed by atoms with Crippen LogP contribution >= 0.6 is 27.5 Å². The van der Waals surface area contributed by atoms with Gasteiger partial charge in [0, 0.05) is 18.2 Å². The van der Waals surface area contributed by atoms with Gasteiger partial charge >= 0.3 is 6.03 Å². The second-order valence-electron chi connectivity index (χ2n) is 7.93. The maximum Gasteiger partial charge on any atom is 0.323 e. The number of ether oxygens (including phenoxy) is 1. The number of anilines is 3. The quantitative estimate of drug-likeness (QED) is 0.414. The molecule has 32 heavy (non-hydrogen) atoms. The SMILES string of the molecule is COC(C)c1c(NC(=O)Nc2cnc(-n3nccn3)c(Cl)c2)cnc(NC(C)(C)C)c1Br. The highest BCUT2D eigenvalue weighted by atomic mass is 79.9. The van der Waals surface area contributed by atoms with Crippen LogP contribution in [-0.2, 0) is 4.74 Å². The minimum atomic E-state index is -0.484. The van der Waals surface area contributed by atoms with Gasteiger partial charge in [-0.05, 0) is 49.7 Å². The summed E-state index contributed by atoms with van der Waals surface area (Å²) in [7, 11) is 1.60. The fourth-order valence-electron chi connectivity index (χ4n) is 2.81. The zero-order chi connectivity index (χ0) is 23.5. The van der Waals surface area contributed by atoms with Gasteiger partial charge in [-0.25, -0.2) is 14.8 Å². The molecule has 0 fully saturated rings. The summed E-state index contributed by atoms with van der Waals surface area (Å²) >= 11 is 9.87. The normalized spacial score (nSPS) is 12.3. The molecule has 0 aliphatic rings. The van der Waals surface area contributed by atoms with Crippen LogP contribution in [0.25, 0.3) is 5.82 Å². The lowest BCUT2D eigenvalue weighted by Gasteiger charge is -2.25. The summed E-state index contributed by atoms with van der Waals surface area (Å²) in [6.45, 7) is 7.99. The van der Waals surface area contributed by atoms with E-state index in [4.69, 9.17) is 16.3 Å². The second kappa shape index (κ2) is 9.80. The highest BCUT2D eigenvalue weighted by Gasteiger charge is 2.22. The van der Waals surface area contributed by atoms with E-state index in [2.05, 4.69) is 52.0 Å². The Morgan fingerprint density at radius 2 is 1.88 bits per heavy atom. The molecular weight excluding hydrogens is 500 g/mol. The summed E-state index contributed by atoms with van der Waals surface area (Å²) in [6, 6.07) is 1.08. The fraction of sp³-hybridized carbons (Fsp3) is 0.350. The summed E-state index contributed by atoms with van der Waals surface area (Å²) in [4.78, 5) is 22.6. The summed E-state index contributed by atoms with van der Waals surface area (Å²) in [5.74, 6) is 1.01. The Balaban J connectivity index is 1.81. The van der Waals surface area contributed by atoms with E-state index in [-0.39, 0.29) is 16.7 Å². The molecule has 10 nitrogen and oxygen atoms in total. The van der Waals surface area contributed by atoms with Gasteiger partial charge in [0.15, 0.2) is 5.82 Å². The molecular formula is C20H24BrClN8O2. The van der Waals surface area contributed by atoms with Crippen molar-refractivity contribution in [3.63, 3.8) is 0 Å². The molecule has 1 atom stereocenters. The van der Waals surface area contributed by atoms with E-state index >= 15 is 0 Å². The molecule has 12 heteroatoms. The van der Waals surface area contributed by atoms with Crippen molar-refractivity contribution in [1.29, 1.82) is 0 Å². The Hall–Kier alpha value is -2.76. The molecule has 3 heterocycles. The summed E-state index contributed by atoms with van der Waals surface area (Å²) in [5, 5.41) is 17.1. The Kier molecular flexibility index (Phi) is 7.32. The van der Waals surface area contributed by atoms with Crippen LogP contribution in [0.15, 0.2) is 35.3 Å². The van der Waals surface area contributed by atoms with Gasteiger partial charge in [-0.3, -0.25) is 0 Å². The van der Waals surface area contributed by atoms with Gasteiger partial charge in [-0.1, -0.05) is 11.6 Å². The zero-order valence-corrected chi connectivity index (χ0v) is 20.6. The zero-order valence-electron chi connectivity index (χ0n) is 18.3. The van der Waals surface area contributed by atoms with E-state index in [9.17, 15) is 4.79 Å². The van der Waals surface area contributed by atoms with E-state index in [1.165, 1.54) is 23.4 Å². The van der Waals surface area contributed by atoms with Crippen LogP contribution in [0.1, 0.15) is 39.4 Å². The van der Waals surface area contributed by atoms with Crippen molar-refractivity contribution in [1.82, 2.24) is 25.0 Å². The van der Waals surface area contributed by atoms with Crippen molar-refractivity contribution in [2.45, 2.75) is 39.3 Å². The first-order valence-electron chi connectivity index (χ1n) is 9.68. The predicted octanol–water partition coefficient (Wildman–Crippen LogP) is 5.04. The van der Waals surface area contributed by atoms with E-state index in [1.54, 1.807) is 19.4 Å². The number of rotatable bonds is 6. The summed E-state index contributed by atoms with van der Waals surface area (Å²) < 4.78 is 6.22. The summed E-state index contributed by atoms with van der Waals surface area (Å²) in [5.41, 5.74) is 1.46. The molecule has 3 aromatic heterocycles. The Morgan fingerprint density at radius 3 is 2.47 bits per heavy atom. The monoisotopic (exact) mass is 522 g/mol. The first kappa shape index (κ1) is 23.9. The van der Waals surface area contributed by atoms with Gasteiger partial charge < -0.3 is 20.7 Å². The highest BCUT2D eigenvalue weighted by molar-refractivity contribution is 9.10. The van der Waals surface area contributed by atoms with Crippen molar-refractivity contribution in [3.05, 3.63) is 45.9 Å². The third-order valence-corrected chi connectivity index (χ3v) is 5.33. The Morgan fingerprint density at radius 1 is 1.19 bits per heavy atom. The minimum absolute atomic E-state index is 0.195. The van der Waals surface area contributed by atoms with Crippen molar-refractivity contribution in [3.8, 4) is 5.82 Å². The second-order valence-corrected chi connectivity index (χ2v) is 9.13. The standard InChI is InChI=1S/C20H24BrClN8O2/c1-11(32-5)15-14(10-23-17(16(15)21)29-20(2,3)4)28-19(31)27-12-8-13(22)18(24-9-12)30-25-6-7-26-30/h6-11H,1-5H3,(H,23,29)(H2,27,28,31). The molecule has 0 saturated heterocycles. The third-order valence-electron chi connectivity index (χ3n) is 4.25. The number of carbonyl (C=O) groups is 1. The molecule has 3 rings (SSSR count). The molecule has 2 amide bonds. The fourth-order valence-corrected chi connectivity index (χ4v) is 3.79. The predicted molar refractivity (Wildman–Crippen MR) is 128 cm³/mol. The number of nitrogens with one attached hydrogen (secondary N) is 3.